The van der Waals surface area contributed by atoms with Gasteiger partial charge in [0.05, 0.1) is 5.69 Å². The van der Waals surface area contributed by atoms with Crippen LogP contribution < -0.4 is 0 Å². The third-order valence-electron chi connectivity index (χ3n) is 5.02. The van der Waals surface area contributed by atoms with Gasteiger partial charge < -0.3 is 9.72 Å². The lowest BCUT2D eigenvalue weighted by Crippen LogP contribution is -2.36. The molecule has 0 bridgehead atoms. The molecule has 1 aromatic heterocycles. The Labute approximate surface area is 167 Å². The Morgan fingerprint density at radius 3 is 2.85 bits per heavy atom. The molecule has 1 amide bonds. The molecule has 4 rings (SSSR count). The Morgan fingerprint density at radius 1 is 1.33 bits per heavy atom. The third-order valence-corrected chi connectivity index (χ3v) is 5.52. The summed E-state index contributed by atoms with van der Waals surface area (Å²) in [5, 5.41) is 0. The van der Waals surface area contributed by atoms with E-state index < -0.39 is 5.60 Å². The van der Waals surface area contributed by atoms with Crippen molar-refractivity contribution in [3.05, 3.63) is 51.9 Å². The van der Waals surface area contributed by atoms with E-state index in [2.05, 4.69) is 39.6 Å². The SMILES string of the molecule is C=C1CCN(C(=O)OC(C)(C)C)C1c1nc2c([nH]1)CCc1cc(Br)ccc1-2. The number of amides is 1. The molecule has 2 aliphatic rings. The number of hydrogen-bond donors (Lipinski definition) is 1. The maximum Gasteiger partial charge on any atom is 0.411 e. The zero-order valence-electron chi connectivity index (χ0n) is 15.9. The number of aromatic amines is 1. The van der Waals surface area contributed by atoms with Gasteiger partial charge in [-0.2, -0.15) is 0 Å². The summed E-state index contributed by atoms with van der Waals surface area (Å²) in [4.78, 5) is 22.8. The molecule has 0 radical (unpaired) electrons. The van der Waals surface area contributed by atoms with Gasteiger partial charge in [-0.1, -0.05) is 28.6 Å². The van der Waals surface area contributed by atoms with Crippen LogP contribution in [-0.4, -0.2) is 33.1 Å². The van der Waals surface area contributed by atoms with E-state index in [4.69, 9.17) is 9.72 Å². The molecule has 6 heteroatoms. The molecular weight excluding hydrogens is 406 g/mol. The lowest BCUT2D eigenvalue weighted by molar-refractivity contribution is 0.0231. The van der Waals surface area contributed by atoms with Crippen molar-refractivity contribution in [3.63, 3.8) is 0 Å². The number of hydrogen-bond acceptors (Lipinski definition) is 3. The van der Waals surface area contributed by atoms with Crippen molar-refractivity contribution in [2.75, 3.05) is 6.54 Å². The number of nitrogens with zero attached hydrogens (tertiary/aromatic N) is 2. The minimum absolute atomic E-state index is 0.260. The van der Waals surface area contributed by atoms with E-state index in [-0.39, 0.29) is 12.1 Å². The van der Waals surface area contributed by atoms with Crippen molar-refractivity contribution < 1.29 is 9.53 Å². The number of carbonyl (C=O) groups is 1. The standard InChI is InChI=1S/C21H24BrN3O2/c1-12-9-10-25(20(26)27-21(2,3)4)18(12)19-23-16-8-5-13-11-14(22)6-7-15(13)17(16)24-19/h6-7,11,18H,1,5,8-10H2,2-4H3,(H,23,24). The minimum atomic E-state index is -0.527. The first kappa shape index (κ1) is 18.3. The number of aromatic nitrogens is 2. The zero-order valence-corrected chi connectivity index (χ0v) is 17.5. The fourth-order valence-corrected chi connectivity index (χ4v) is 4.24. The monoisotopic (exact) mass is 429 g/mol. The molecule has 1 atom stereocenters. The summed E-state index contributed by atoms with van der Waals surface area (Å²) >= 11 is 3.55. The number of likely N-dealkylation sites (tertiary alicyclic amines) is 1. The summed E-state index contributed by atoms with van der Waals surface area (Å²) in [7, 11) is 0. The van der Waals surface area contributed by atoms with E-state index in [0.29, 0.717) is 6.54 Å². The van der Waals surface area contributed by atoms with Gasteiger partial charge in [0.25, 0.3) is 0 Å². The summed E-state index contributed by atoms with van der Waals surface area (Å²) in [5.41, 5.74) is 5.04. The number of halogens is 1. The maximum atomic E-state index is 12.7. The number of fused-ring (bicyclic) bond motifs is 3. The van der Waals surface area contributed by atoms with Crippen molar-refractivity contribution in [3.8, 4) is 11.3 Å². The fourth-order valence-electron chi connectivity index (χ4n) is 3.83. The van der Waals surface area contributed by atoms with E-state index >= 15 is 0 Å². The maximum absolute atomic E-state index is 12.7. The number of nitrogens with one attached hydrogen (secondary N) is 1. The molecular formula is C21H24BrN3O2. The fraction of sp³-hybridized carbons (Fsp3) is 0.429. The van der Waals surface area contributed by atoms with Gasteiger partial charge in [-0.05, 0) is 63.3 Å². The Kier molecular flexibility index (Phi) is 4.41. The first-order chi connectivity index (χ1) is 12.7. The van der Waals surface area contributed by atoms with Crippen LogP contribution >= 0.6 is 15.9 Å². The van der Waals surface area contributed by atoms with Gasteiger partial charge in [0, 0.05) is 22.3 Å². The lowest BCUT2D eigenvalue weighted by atomic mass is 9.92. The Balaban J connectivity index is 1.68. The molecule has 1 saturated heterocycles. The first-order valence-electron chi connectivity index (χ1n) is 9.28. The predicted molar refractivity (Wildman–Crippen MR) is 109 cm³/mol. The van der Waals surface area contributed by atoms with Crippen molar-refractivity contribution >= 4 is 22.0 Å². The van der Waals surface area contributed by atoms with E-state index in [1.165, 1.54) is 5.56 Å². The van der Waals surface area contributed by atoms with Crippen LogP contribution in [0.4, 0.5) is 4.79 Å². The molecule has 0 saturated carbocycles. The summed E-state index contributed by atoms with van der Waals surface area (Å²) in [6.45, 7) is 10.4. The highest BCUT2D eigenvalue weighted by Crippen LogP contribution is 2.39. The van der Waals surface area contributed by atoms with Crippen molar-refractivity contribution in [1.29, 1.82) is 0 Å². The molecule has 142 valence electrons. The van der Waals surface area contributed by atoms with Crippen molar-refractivity contribution in [2.45, 2.75) is 51.7 Å². The van der Waals surface area contributed by atoms with Gasteiger partial charge >= 0.3 is 6.09 Å². The molecule has 0 spiro atoms. The highest BCUT2D eigenvalue weighted by molar-refractivity contribution is 9.10. The molecule has 1 aliphatic carbocycles. The molecule has 1 aliphatic heterocycles. The Hall–Kier alpha value is -2.08. The van der Waals surface area contributed by atoms with Crippen LogP contribution in [0.25, 0.3) is 11.3 Å². The number of imidazole rings is 1. The van der Waals surface area contributed by atoms with E-state index in [1.807, 2.05) is 26.8 Å². The average molecular weight is 430 g/mol. The quantitative estimate of drug-likeness (QED) is 0.635. The second-order valence-electron chi connectivity index (χ2n) is 8.24. The molecule has 1 unspecified atom stereocenters. The predicted octanol–water partition coefficient (Wildman–Crippen LogP) is 5.18. The summed E-state index contributed by atoms with van der Waals surface area (Å²) in [6, 6.07) is 6.05. The van der Waals surface area contributed by atoms with Crippen molar-refractivity contribution in [2.24, 2.45) is 0 Å². The second kappa shape index (κ2) is 6.51. The first-order valence-corrected chi connectivity index (χ1v) is 10.1. The summed E-state index contributed by atoms with van der Waals surface area (Å²) in [5.74, 6) is 0.782. The lowest BCUT2D eigenvalue weighted by Gasteiger charge is -2.27. The van der Waals surface area contributed by atoms with Crippen LogP contribution in [0.3, 0.4) is 0 Å². The Bertz CT molecular complexity index is 926. The highest BCUT2D eigenvalue weighted by atomic mass is 79.9. The van der Waals surface area contributed by atoms with Crippen LogP contribution in [0, 0.1) is 0 Å². The molecule has 1 aromatic carbocycles. The largest absolute Gasteiger partial charge is 0.444 e. The Morgan fingerprint density at radius 2 is 2.11 bits per heavy atom. The van der Waals surface area contributed by atoms with E-state index in [9.17, 15) is 4.79 Å². The normalized spacial score (nSPS) is 19.0. The number of carbonyl (C=O) groups excluding carboxylic acids is 1. The summed E-state index contributed by atoms with van der Waals surface area (Å²) < 4.78 is 6.68. The summed E-state index contributed by atoms with van der Waals surface area (Å²) in [6.07, 6.45) is 2.34. The van der Waals surface area contributed by atoms with E-state index in [0.717, 1.165) is 52.1 Å². The molecule has 5 nitrogen and oxygen atoms in total. The molecule has 1 N–H and O–H groups in total. The zero-order chi connectivity index (χ0) is 19.3. The number of benzene rings is 1. The van der Waals surface area contributed by atoms with Gasteiger partial charge in [-0.15, -0.1) is 0 Å². The van der Waals surface area contributed by atoms with Gasteiger partial charge in [-0.25, -0.2) is 9.78 Å². The van der Waals surface area contributed by atoms with Crippen molar-refractivity contribution in [1.82, 2.24) is 14.9 Å². The number of ether oxygens (including phenoxy) is 1. The van der Waals surface area contributed by atoms with E-state index in [1.54, 1.807) is 4.90 Å². The van der Waals surface area contributed by atoms with Crippen LogP contribution in [-0.2, 0) is 17.6 Å². The van der Waals surface area contributed by atoms with Crippen LogP contribution in [0.5, 0.6) is 0 Å². The highest BCUT2D eigenvalue weighted by Gasteiger charge is 2.38. The van der Waals surface area contributed by atoms with Gasteiger partial charge in [0.1, 0.15) is 17.5 Å². The topological polar surface area (TPSA) is 58.2 Å². The molecule has 1 fully saturated rings. The van der Waals surface area contributed by atoms with Gasteiger partial charge in [0.15, 0.2) is 0 Å². The second-order valence-corrected chi connectivity index (χ2v) is 9.15. The number of rotatable bonds is 1. The smallest absolute Gasteiger partial charge is 0.411 e. The van der Waals surface area contributed by atoms with Crippen LogP contribution in [0.2, 0.25) is 0 Å². The molecule has 27 heavy (non-hydrogen) atoms. The number of aryl methyl sites for hydroxylation is 2. The molecule has 2 aromatic rings. The van der Waals surface area contributed by atoms with Gasteiger partial charge in [0.2, 0.25) is 0 Å². The van der Waals surface area contributed by atoms with Gasteiger partial charge in [-0.3, -0.25) is 4.90 Å². The number of H-pyrrole nitrogens is 1. The molecule has 2 heterocycles. The van der Waals surface area contributed by atoms with Crippen LogP contribution in [0.1, 0.15) is 50.3 Å². The minimum Gasteiger partial charge on any atom is -0.444 e. The third kappa shape index (κ3) is 3.43. The van der Waals surface area contributed by atoms with Crippen LogP contribution in [0.15, 0.2) is 34.8 Å². The average Bonchev–Trinajstić information content (AvgIpc) is 3.15.